The van der Waals surface area contributed by atoms with Crippen molar-refractivity contribution in [1.29, 1.82) is 0 Å². The molecule has 2 aromatic heterocycles. The molecular weight excluding hydrogens is 472 g/mol. The van der Waals surface area contributed by atoms with E-state index in [9.17, 15) is 4.79 Å². The van der Waals surface area contributed by atoms with Gasteiger partial charge in [-0.25, -0.2) is 9.48 Å². The molecule has 0 radical (unpaired) electrons. The highest BCUT2D eigenvalue weighted by molar-refractivity contribution is 9.10. The molecule has 0 saturated heterocycles. The molecule has 0 aliphatic rings. The number of halogens is 2. The van der Waals surface area contributed by atoms with Crippen molar-refractivity contribution in [3.63, 3.8) is 0 Å². The largest absolute Gasteiger partial charge is 0.452 e. The van der Waals surface area contributed by atoms with E-state index in [1.807, 2.05) is 38.1 Å². The lowest BCUT2D eigenvalue weighted by atomic mass is 10.2. The zero-order valence-electron chi connectivity index (χ0n) is 16.1. The van der Waals surface area contributed by atoms with Crippen LogP contribution in [-0.2, 0) is 11.3 Å². The van der Waals surface area contributed by atoms with Gasteiger partial charge in [0.25, 0.3) is 5.89 Å². The molecule has 0 atom stereocenters. The Kier molecular flexibility index (Phi) is 5.69. The molecule has 0 saturated carbocycles. The predicted octanol–water partition coefficient (Wildman–Crippen LogP) is 5.31. The van der Waals surface area contributed by atoms with Crippen LogP contribution in [0.4, 0.5) is 0 Å². The number of nitrogens with zero attached hydrogens (tertiary/aromatic N) is 4. The third kappa shape index (κ3) is 4.15. The Labute approximate surface area is 185 Å². The zero-order valence-corrected chi connectivity index (χ0v) is 18.4. The van der Waals surface area contributed by atoms with Crippen LogP contribution in [0.5, 0.6) is 0 Å². The average Bonchev–Trinajstić information content (AvgIpc) is 3.33. The SMILES string of the molecule is Cc1nn(-c2ccc(C(=O)OCc3nnc(-c4ccc(Br)cc4)o3)cc2)c(C)c1Cl. The molecule has 9 heteroatoms. The van der Waals surface area contributed by atoms with Crippen LogP contribution in [0.25, 0.3) is 17.1 Å². The first-order valence-electron chi connectivity index (χ1n) is 9.00. The fourth-order valence-electron chi connectivity index (χ4n) is 2.85. The lowest BCUT2D eigenvalue weighted by Crippen LogP contribution is -2.06. The number of hydrogen-bond donors (Lipinski definition) is 0. The summed E-state index contributed by atoms with van der Waals surface area (Å²) in [6, 6.07) is 14.4. The number of carbonyl (C=O) groups is 1. The first-order chi connectivity index (χ1) is 14.4. The van der Waals surface area contributed by atoms with Gasteiger partial charge in [-0.2, -0.15) is 5.10 Å². The van der Waals surface area contributed by atoms with E-state index in [2.05, 4.69) is 31.2 Å². The van der Waals surface area contributed by atoms with E-state index in [1.165, 1.54) is 0 Å². The molecule has 0 unspecified atom stereocenters. The summed E-state index contributed by atoms with van der Waals surface area (Å²) in [5.74, 6) is 0.0907. The van der Waals surface area contributed by atoms with Crippen LogP contribution >= 0.6 is 27.5 Å². The van der Waals surface area contributed by atoms with Crippen LogP contribution in [0.15, 0.2) is 57.4 Å². The Balaban J connectivity index is 1.41. The van der Waals surface area contributed by atoms with Crippen molar-refractivity contribution in [1.82, 2.24) is 20.0 Å². The highest BCUT2D eigenvalue weighted by Crippen LogP contribution is 2.23. The van der Waals surface area contributed by atoms with Gasteiger partial charge >= 0.3 is 5.97 Å². The average molecular weight is 488 g/mol. The highest BCUT2D eigenvalue weighted by atomic mass is 79.9. The van der Waals surface area contributed by atoms with Gasteiger partial charge in [0.15, 0.2) is 6.61 Å². The van der Waals surface area contributed by atoms with Crippen LogP contribution < -0.4 is 0 Å². The number of benzene rings is 2. The van der Waals surface area contributed by atoms with E-state index in [0.717, 1.165) is 27.1 Å². The standard InChI is InChI=1S/C21H16BrClN4O3/c1-12-19(23)13(2)27(26-12)17-9-5-15(6-10-17)21(28)29-11-18-24-25-20(30-18)14-3-7-16(22)8-4-14/h3-10H,11H2,1-2H3. The van der Waals surface area contributed by atoms with Crippen molar-refractivity contribution in [2.45, 2.75) is 20.5 Å². The third-order valence-electron chi connectivity index (χ3n) is 4.44. The van der Waals surface area contributed by atoms with Crippen molar-refractivity contribution in [3.8, 4) is 17.1 Å². The van der Waals surface area contributed by atoms with Gasteiger partial charge in [-0.3, -0.25) is 0 Å². The summed E-state index contributed by atoms with van der Waals surface area (Å²) in [5, 5.41) is 12.9. The predicted molar refractivity (Wildman–Crippen MR) is 115 cm³/mol. The quantitative estimate of drug-likeness (QED) is 0.355. The number of ether oxygens (including phenoxy) is 1. The molecule has 0 fully saturated rings. The molecule has 0 amide bonds. The molecule has 2 aromatic carbocycles. The summed E-state index contributed by atoms with van der Waals surface area (Å²) in [7, 11) is 0. The highest BCUT2D eigenvalue weighted by Gasteiger charge is 2.14. The van der Waals surface area contributed by atoms with Gasteiger partial charge < -0.3 is 9.15 Å². The summed E-state index contributed by atoms with van der Waals surface area (Å²) >= 11 is 9.57. The summed E-state index contributed by atoms with van der Waals surface area (Å²) in [6.07, 6.45) is 0. The summed E-state index contributed by atoms with van der Waals surface area (Å²) in [4.78, 5) is 12.3. The molecule has 0 spiro atoms. The molecule has 30 heavy (non-hydrogen) atoms. The Hall–Kier alpha value is -2.97. The minimum absolute atomic E-state index is 0.114. The van der Waals surface area contributed by atoms with E-state index in [-0.39, 0.29) is 12.5 Å². The first-order valence-corrected chi connectivity index (χ1v) is 10.2. The Morgan fingerprint density at radius 1 is 1.10 bits per heavy atom. The lowest BCUT2D eigenvalue weighted by molar-refractivity contribution is 0.0438. The maximum atomic E-state index is 12.3. The van der Waals surface area contributed by atoms with Crippen LogP contribution in [-0.4, -0.2) is 25.9 Å². The second-order valence-electron chi connectivity index (χ2n) is 6.53. The smallest absolute Gasteiger partial charge is 0.338 e. The minimum Gasteiger partial charge on any atom is -0.452 e. The second kappa shape index (κ2) is 8.41. The third-order valence-corrected chi connectivity index (χ3v) is 5.51. The van der Waals surface area contributed by atoms with Crippen molar-refractivity contribution < 1.29 is 13.9 Å². The van der Waals surface area contributed by atoms with E-state index in [4.69, 9.17) is 20.8 Å². The topological polar surface area (TPSA) is 83.0 Å². The van der Waals surface area contributed by atoms with Crippen molar-refractivity contribution in [2.24, 2.45) is 0 Å². The molecule has 0 N–H and O–H groups in total. The molecule has 0 aliphatic heterocycles. The Morgan fingerprint density at radius 2 is 1.80 bits per heavy atom. The molecular formula is C21H16BrClN4O3. The van der Waals surface area contributed by atoms with Gasteiger partial charge in [-0.1, -0.05) is 27.5 Å². The van der Waals surface area contributed by atoms with Crippen LogP contribution in [0.2, 0.25) is 5.02 Å². The van der Waals surface area contributed by atoms with Crippen LogP contribution in [0.3, 0.4) is 0 Å². The van der Waals surface area contributed by atoms with Crippen LogP contribution in [0.1, 0.15) is 27.6 Å². The Morgan fingerprint density at radius 3 is 2.43 bits per heavy atom. The fourth-order valence-corrected chi connectivity index (χ4v) is 3.23. The molecule has 4 aromatic rings. The van der Waals surface area contributed by atoms with E-state index < -0.39 is 5.97 Å². The number of esters is 1. The summed E-state index contributed by atoms with van der Waals surface area (Å²) in [5.41, 5.74) is 3.57. The van der Waals surface area contributed by atoms with Crippen LogP contribution in [0, 0.1) is 13.8 Å². The number of aromatic nitrogens is 4. The fraction of sp³-hybridized carbons (Fsp3) is 0.143. The molecule has 0 bridgehead atoms. The van der Waals surface area contributed by atoms with Gasteiger partial charge in [0, 0.05) is 10.0 Å². The van der Waals surface area contributed by atoms with Crippen molar-refractivity contribution >= 4 is 33.5 Å². The van der Waals surface area contributed by atoms with Gasteiger partial charge in [-0.15, -0.1) is 10.2 Å². The molecule has 0 aliphatic carbocycles. The Bertz CT molecular complexity index is 1200. The van der Waals surface area contributed by atoms with E-state index in [0.29, 0.717) is 16.5 Å². The number of carbonyl (C=O) groups excluding carboxylic acids is 1. The zero-order chi connectivity index (χ0) is 21.3. The molecule has 2 heterocycles. The second-order valence-corrected chi connectivity index (χ2v) is 7.82. The number of hydrogen-bond acceptors (Lipinski definition) is 6. The maximum Gasteiger partial charge on any atom is 0.338 e. The van der Waals surface area contributed by atoms with E-state index >= 15 is 0 Å². The summed E-state index contributed by atoms with van der Waals surface area (Å²) in [6.45, 7) is 3.62. The molecule has 4 rings (SSSR count). The molecule has 7 nitrogen and oxygen atoms in total. The van der Waals surface area contributed by atoms with Gasteiger partial charge in [-0.05, 0) is 62.4 Å². The summed E-state index contributed by atoms with van der Waals surface area (Å²) < 4.78 is 13.5. The minimum atomic E-state index is -0.489. The normalized spacial score (nSPS) is 10.9. The van der Waals surface area contributed by atoms with Gasteiger partial charge in [0.2, 0.25) is 5.89 Å². The number of rotatable bonds is 5. The lowest BCUT2D eigenvalue weighted by Gasteiger charge is -2.06. The van der Waals surface area contributed by atoms with Crippen molar-refractivity contribution in [3.05, 3.63) is 80.9 Å². The first kappa shape index (κ1) is 20.3. The van der Waals surface area contributed by atoms with E-state index in [1.54, 1.807) is 28.9 Å². The number of aryl methyl sites for hydroxylation is 1. The van der Waals surface area contributed by atoms with Gasteiger partial charge in [0.1, 0.15) is 0 Å². The monoisotopic (exact) mass is 486 g/mol. The van der Waals surface area contributed by atoms with Gasteiger partial charge in [0.05, 0.1) is 27.7 Å². The maximum absolute atomic E-state index is 12.3. The molecule has 152 valence electrons. The van der Waals surface area contributed by atoms with Crippen molar-refractivity contribution in [2.75, 3.05) is 0 Å².